The van der Waals surface area contributed by atoms with Gasteiger partial charge in [0.1, 0.15) is 11.5 Å². The summed E-state index contributed by atoms with van der Waals surface area (Å²) in [6, 6.07) is 2.34. The molecule has 0 aliphatic rings. The molecule has 1 heterocycles. The Morgan fingerprint density at radius 2 is 2.00 bits per heavy atom. The van der Waals surface area contributed by atoms with Crippen molar-refractivity contribution in [1.29, 1.82) is 0 Å². The van der Waals surface area contributed by atoms with Crippen molar-refractivity contribution in [2.75, 3.05) is 7.11 Å². The van der Waals surface area contributed by atoms with Crippen molar-refractivity contribution in [3.63, 3.8) is 0 Å². The number of ether oxygens (including phenoxy) is 1. The number of halogens is 4. The van der Waals surface area contributed by atoms with E-state index in [1.807, 2.05) is 0 Å². The van der Waals surface area contributed by atoms with Crippen LogP contribution in [0.2, 0.25) is 0 Å². The van der Waals surface area contributed by atoms with Gasteiger partial charge in [0.25, 0.3) is 5.56 Å². The van der Waals surface area contributed by atoms with Gasteiger partial charge in [-0.25, -0.2) is 9.37 Å². The predicted molar refractivity (Wildman–Crippen MR) is 61.8 cm³/mol. The first-order valence-electron chi connectivity index (χ1n) is 5.33. The molecule has 106 valence electrons. The van der Waals surface area contributed by atoms with E-state index in [-0.39, 0.29) is 17.0 Å². The summed E-state index contributed by atoms with van der Waals surface area (Å²) in [5.41, 5.74) is -2.24. The molecule has 0 aliphatic carbocycles. The molecule has 0 bridgehead atoms. The molecule has 2 aromatic rings. The topological polar surface area (TPSA) is 55.0 Å². The summed E-state index contributed by atoms with van der Waals surface area (Å²) in [5.74, 6) is -1.64. The number of hydrogen-bond acceptors (Lipinski definition) is 3. The molecule has 0 aliphatic heterocycles. The van der Waals surface area contributed by atoms with Gasteiger partial charge in [0, 0.05) is 5.56 Å². The van der Waals surface area contributed by atoms with Crippen molar-refractivity contribution in [3.05, 3.63) is 46.3 Å². The van der Waals surface area contributed by atoms with E-state index >= 15 is 0 Å². The maximum Gasteiger partial charge on any atom is 0.419 e. The van der Waals surface area contributed by atoms with Crippen molar-refractivity contribution < 1.29 is 22.3 Å². The fourth-order valence-electron chi connectivity index (χ4n) is 1.67. The van der Waals surface area contributed by atoms with Gasteiger partial charge in [-0.15, -0.1) is 0 Å². The minimum Gasteiger partial charge on any atom is -0.490 e. The Balaban J connectivity index is 2.66. The Morgan fingerprint density at radius 1 is 1.30 bits per heavy atom. The van der Waals surface area contributed by atoms with Crippen LogP contribution in [0.3, 0.4) is 0 Å². The van der Waals surface area contributed by atoms with E-state index in [2.05, 4.69) is 9.97 Å². The summed E-state index contributed by atoms with van der Waals surface area (Å²) < 4.78 is 55.9. The van der Waals surface area contributed by atoms with Crippen LogP contribution in [-0.2, 0) is 6.18 Å². The van der Waals surface area contributed by atoms with Crippen LogP contribution in [0.5, 0.6) is 5.75 Å². The van der Waals surface area contributed by atoms with E-state index in [0.717, 1.165) is 12.4 Å². The average Bonchev–Trinajstić information content (AvgIpc) is 2.37. The van der Waals surface area contributed by atoms with Crippen LogP contribution in [0.4, 0.5) is 17.6 Å². The monoisotopic (exact) mass is 288 g/mol. The van der Waals surface area contributed by atoms with E-state index in [4.69, 9.17) is 4.74 Å². The van der Waals surface area contributed by atoms with Crippen LogP contribution in [0.25, 0.3) is 11.3 Å². The number of nitrogens with zero attached hydrogens (tertiary/aromatic N) is 1. The van der Waals surface area contributed by atoms with Gasteiger partial charge in [0.15, 0.2) is 0 Å². The van der Waals surface area contributed by atoms with Crippen LogP contribution in [-0.4, -0.2) is 17.1 Å². The number of aromatic amines is 1. The van der Waals surface area contributed by atoms with Crippen molar-refractivity contribution >= 4 is 0 Å². The molecule has 1 aromatic heterocycles. The lowest BCUT2D eigenvalue weighted by Gasteiger charge is -2.11. The maximum absolute atomic E-state index is 13.2. The third kappa shape index (κ3) is 2.49. The number of nitrogens with one attached hydrogen (secondary N) is 1. The minimum atomic E-state index is -4.84. The van der Waals surface area contributed by atoms with E-state index in [1.165, 1.54) is 7.11 Å². The zero-order chi connectivity index (χ0) is 14.9. The Morgan fingerprint density at radius 3 is 2.60 bits per heavy atom. The highest BCUT2D eigenvalue weighted by molar-refractivity contribution is 5.66. The third-order valence-corrected chi connectivity index (χ3v) is 2.56. The van der Waals surface area contributed by atoms with Crippen LogP contribution in [0, 0.1) is 5.82 Å². The average molecular weight is 288 g/mol. The van der Waals surface area contributed by atoms with Crippen molar-refractivity contribution in [2.45, 2.75) is 6.18 Å². The van der Waals surface area contributed by atoms with Gasteiger partial charge in [-0.1, -0.05) is 0 Å². The number of aromatic nitrogens is 2. The molecule has 0 radical (unpaired) electrons. The maximum atomic E-state index is 13.2. The Hall–Kier alpha value is -2.38. The van der Waals surface area contributed by atoms with Crippen molar-refractivity contribution in [1.82, 2.24) is 9.97 Å². The van der Waals surface area contributed by atoms with Crippen molar-refractivity contribution in [3.8, 4) is 17.0 Å². The summed E-state index contributed by atoms with van der Waals surface area (Å²) in [7, 11) is 1.18. The first kappa shape index (κ1) is 14.0. The van der Waals surface area contributed by atoms with Gasteiger partial charge in [0.2, 0.25) is 5.75 Å². The summed E-state index contributed by atoms with van der Waals surface area (Å²) in [5, 5.41) is 0. The zero-order valence-corrected chi connectivity index (χ0v) is 10.1. The summed E-state index contributed by atoms with van der Waals surface area (Å²) in [6.45, 7) is 0. The molecule has 0 spiro atoms. The third-order valence-electron chi connectivity index (χ3n) is 2.56. The lowest BCUT2D eigenvalue weighted by molar-refractivity contribution is -0.139. The molecular weight excluding hydrogens is 280 g/mol. The van der Waals surface area contributed by atoms with Crippen LogP contribution < -0.4 is 10.3 Å². The Kier molecular flexibility index (Phi) is 3.47. The van der Waals surface area contributed by atoms with Gasteiger partial charge in [-0.05, 0) is 18.2 Å². The number of rotatable bonds is 2. The van der Waals surface area contributed by atoms with Gasteiger partial charge >= 0.3 is 6.18 Å². The lowest BCUT2D eigenvalue weighted by atomic mass is 10.1. The molecule has 4 nitrogen and oxygen atoms in total. The Labute approximate surface area is 110 Å². The molecular formula is C12H8F4N2O2. The Bertz CT molecular complexity index is 695. The highest BCUT2D eigenvalue weighted by atomic mass is 19.4. The second-order valence-electron chi connectivity index (χ2n) is 3.81. The predicted octanol–water partition coefficient (Wildman–Crippen LogP) is 2.60. The SMILES string of the molecule is COc1c(-c2ccc(F)c(C(F)(F)F)c2)nc[nH]c1=O. The zero-order valence-electron chi connectivity index (χ0n) is 10.1. The van der Waals surface area contributed by atoms with E-state index in [9.17, 15) is 22.4 Å². The molecule has 20 heavy (non-hydrogen) atoms. The number of benzene rings is 1. The van der Waals surface area contributed by atoms with Crippen LogP contribution in [0.1, 0.15) is 5.56 Å². The molecule has 1 N–H and O–H groups in total. The fourth-order valence-corrected chi connectivity index (χ4v) is 1.67. The number of H-pyrrole nitrogens is 1. The second-order valence-corrected chi connectivity index (χ2v) is 3.81. The molecule has 0 saturated heterocycles. The summed E-state index contributed by atoms with van der Waals surface area (Å²) in [6.07, 6.45) is -3.81. The van der Waals surface area contributed by atoms with Gasteiger partial charge in [-0.3, -0.25) is 4.79 Å². The lowest BCUT2D eigenvalue weighted by Crippen LogP contribution is -2.12. The van der Waals surface area contributed by atoms with Crippen LogP contribution >= 0.6 is 0 Å². The summed E-state index contributed by atoms with van der Waals surface area (Å²) >= 11 is 0. The first-order valence-corrected chi connectivity index (χ1v) is 5.33. The molecule has 2 rings (SSSR count). The van der Waals surface area contributed by atoms with Gasteiger partial charge < -0.3 is 9.72 Å². The number of hydrogen-bond donors (Lipinski definition) is 1. The van der Waals surface area contributed by atoms with Gasteiger partial charge in [0.05, 0.1) is 19.0 Å². The fraction of sp³-hybridized carbons (Fsp3) is 0.167. The number of alkyl halides is 3. The first-order chi connectivity index (χ1) is 9.34. The van der Waals surface area contributed by atoms with Gasteiger partial charge in [-0.2, -0.15) is 13.2 Å². The smallest absolute Gasteiger partial charge is 0.419 e. The number of methoxy groups -OCH3 is 1. The molecule has 0 amide bonds. The van der Waals surface area contributed by atoms with Crippen molar-refractivity contribution in [2.24, 2.45) is 0 Å². The van der Waals surface area contributed by atoms with E-state index in [0.29, 0.717) is 12.1 Å². The van der Waals surface area contributed by atoms with E-state index in [1.54, 1.807) is 0 Å². The highest BCUT2D eigenvalue weighted by Crippen LogP contribution is 2.35. The molecule has 1 aromatic carbocycles. The normalized spacial score (nSPS) is 11.4. The standard InChI is InChI=1S/C12H8F4N2O2/c1-20-10-9(17-5-18-11(10)19)6-2-3-8(13)7(4-6)12(14,15)16/h2-5H,1H3,(H,17,18,19). The van der Waals surface area contributed by atoms with E-state index < -0.39 is 23.1 Å². The molecule has 8 heteroatoms. The largest absolute Gasteiger partial charge is 0.490 e. The highest BCUT2D eigenvalue weighted by Gasteiger charge is 2.34. The summed E-state index contributed by atoms with van der Waals surface area (Å²) in [4.78, 5) is 17.5. The molecule has 0 fully saturated rings. The second kappa shape index (κ2) is 4.95. The molecule has 0 unspecified atom stereocenters. The quantitative estimate of drug-likeness (QED) is 0.864. The minimum absolute atomic E-state index is 0.0679. The molecule has 0 atom stereocenters. The molecule has 0 saturated carbocycles. The van der Waals surface area contributed by atoms with Crippen LogP contribution in [0.15, 0.2) is 29.3 Å².